The van der Waals surface area contributed by atoms with Crippen LogP contribution in [0.15, 0.2) is 53.3 Å². The Bertz CT molecular complexity index is 1770. The van der Waals surface area contributed by atoms with E-state index in [1.165, 1.54) is 11.3 Å². The van der Waals surface area contributed by atoms with Crippen LogP contribution in [0.5, 0.6) is 11.5 Å². The Labute approximate surface area is 230 Å². The summed E-state index contributed by atoms with van der Waals surface area (Å²) in [7, 11) is 0. The Kier molecular flexibility index (Phi) is 6.91. The molecule has 188 valence electrons. The number of hydrogen-bond donors (Lipinski definition) is 1. The number of rotatable bonds is 7. The highest BCUT2D eigenvalue weighted by molar-refractivity contribution is 14.1. The van der Waals surface area contributed by atoms with E-state index < -0.39 is 5.97 Å². The van der Waals surface area contributed by atoms with Crippen LogP contribution in [-0.2, 0) is 6.61 Å². The van der Waals surface area contributed by atoms with Crippen molar-refractivity contribution in [3.63, 3.8) is 0 Å². The second-order valence-corrected chi connectivity index (χ2v) is 10.8. The van der Waals surface area contributed by atoms with Gasteiger partial charge in [0.25, 0.3) is 5.56 Å². The summed E-state index contributed by atoms with van der Waals surface area (Å²) in [5.41, 5.74) is 5.71. The molecule has 0 spiro atoms. The minimum atomic E-state index is -0.966. The van der Waals surface area contributed by atoms with Crippen LogP contribution < -0.4 is 19.6 Å². The third-order valence-corrected chi connectivity index (χ3v) is 7.84. The molecular weight excluding hydrogens is 603 g/mol. The highest BCUT2D eigenvalue weighted by atomic mass is 127. The smallest absolute Gasteiger partial charge is 0.335 e. The fraction of sp³-hybridized carbons (Fsp3) is 0.179. The van der Waals surface area contributed by atoms with E-state index in [-0.39, 0.29) is 17.7 Å². The Morgan fingerprint density at radius 1 is 1.11 bits per heavy atom. The van der Waals surface area contributed by atoms with Gasteiger partial charge in [-0.1, -0.05) is 23.5 Å². The number of thiazole rings is 1. The summed E-state index contributed by atoms with van der Waals surface area (Å²) < 4.78 is 15.1. The summed E-state index contributed by atoms with van der Waals surface area (Å²) in [6, 6.07) is 14.4. The number of ether oxygens (including phenoxy) is 2. The van der Waals surface area contributed by atoms with Gasteiger partial charge in [0, 0.05) is 0 Å². The fourth-order valence-electron chi connectivity index (χ4n) is 4.04. The van der Waals surface area contributed by atoms with E-state index in [9.17, 15) is 9.59 Å². The molecule has 0 bridgehead atoms. The van der Waals surface area contributed by atoms with Crippen molar-refractivity contribution in [3.05, 3.63) is 94.8 Å². The molecular formula is C28H23IN2O5S. The van der Waals surface area contributed by atoms with E-state index in [2.05, 4.69) is 27.6 Å². The molecule has 1 N–H and O–H groups in total. The van der Waals surface area contributed by atoms with Crippen molar-refractivity contribution in [3.8, 4) is 11.5 Å². The van der Waals surface area contributed by atoms with Crippen LogP contribution in [0.3, 0.4) is 0 Å². The number of nitrogens with zero attached hydrogens (tertiary/aromatic N) is 2. The first-order valence-electron chi connectivity index (χ1n) is 11.6. The molecule has 0 atom stereocenters. The molecule has 0 saturated carbocycles. The van der Waals surface area contributed by atoms with Gasteiger partial charge in [0.15, 0.2) is 16.5 Å². The van der Waals surface area contributed by atoms with Crippen molar-refractivity contribution in [2.45, 2.75) is 27.4 Å². The monoisotopic (exact) mass is 626 g/mol. The predicted molar refractivity (Wildman–Crippen MR) is 153 cm³/mol. The van der Waals surface area contributed by atoms with Gasteiger partial charge in [-0.2, -0.15) is 0 Å². The summed E-state index contributed by atoms with van der Waals surface area (Å²) in [5.74, 6) is 0.210. The average Bonchev–Trinajstić information content (AvgIpc) is 3.34. The molecule has 5 rings (SSSR count). The highest BCUT2D eigenvalue weighted by Gasteiger charge is 2.15. The molecule has 5 aromatic rings. The van der Waals surface area contributed by atoms with Crippen molar-refractivity contribution < 1.29 is 19.4 Å². The van der Waals surface area contributed by atoms with Crippen LogP contribution in [0.4, 0.5) is 0 Å². The molecule has 0 aliphatic rings. The van der Waals surface area contributed by atoms with Crippen molar-refractivity contribution in [2.75, 3.05) is 6.61 Å². The summed E-state index contributed by atoms with van der Waals surface area (Å²) in [6.07, 6.45) is 1.85. The minimum Gasteiger partial charge on any atom is -0.490 e. The van der Waals surface area contributed by atoms with Crippen LogP contribution >= 0.6 is 33.9 Å². The normalized spacial score (nSPS) is 11.9. The molecule has 0 unspecified atom stereocenters. The molecule has 0 aliphatic heterocycles. The lowest BCUT2D eigenvalue weighted by Crippen LogP contribution is -2.22. The van der Waals surface area contributed by atoms with Crippen molar-refractivity contribution in [2.24, 2.45) is 0 Å². The maximum Gasteiger partial charge on any atom is 0.335 e. The third kappa shape index (κ3) is 4.93. The first-order chi connectivity index (χ1) is 17.7. The average molecular weight is 626 g/mol. The number of imidazole rings is 1. The van der Waals surface area contributed by atoms with E-state index in [0.717, 1.165) is 36.9 Å². The lowest BCUT2D eigenvalue weighted by atomic mass is 10.1. The lowest BCUT2D eigenvalue weighted by molar-refractivity contribution is 0.0697. The molecule has 0 radical (unpaired) electrons. The van der Waals surface area contributed by atoms with Crippen LogP contribution in [0.25, 0.3) is 22.1 Å². The van der Waals surface area contributed by atoms with Crippen LogP contribution in [0.1, 0.15) is 39.5 Å². The topological polar surface area (TPSA) is 90.1 Å². The lowest BCUT2D eigenvalue weighted by Gasteiger charge is -2.15. The predicted octanol–water partition coefficient (Wildman–Crippen LogP) is 5.35. The zero-order valence-electron chi connectivity index (χ0n) is 20.4. The Morgan fingerprint density at radius 3 is 2.54 bits per heavy atom. The van der Waals surface area contributed by atoms with E-state index >= 15 is 0 Å². The largest absolute Gasteiger partial charge is 0.490 e. The van der Waals surface area contributed by atoms with E-state index in [0.29, 0.717) is 27.6 Å². The maximum atomic E-state index is 13.3. The van der Waals surface area contributed by atoms with Crippen molar-refractivity contribution in [1.82, 2.24) is 9.38 Å². The molecule has 2 aromatic heterocycles. The molecule has 9 heteroatoms. The van der Waals surface area contributed by atoms with Crippen LogP contribution in [0, 0.1) is 17.4 Å². The zero-order valence-corrected chi connectivity index (χ0v) is 23.3. The summed E-state index contributed by atoms with van der Waals surface area (Å²) in [6.45, 7) is 6.69. The van der Waals surface area contributed by atoms with Gasteiger partial charge in [0.05, 0.1) is 31.3 Å². The van der Waals surface area contributed by atoms with Crippen LogP contribution in [0.2, 0.25) is 0 Å². The Morgan fingerprint density at radius 2 is 1.84 bits per heavy atom. The van der Waals surface area contributed by atoms with Gasteiger partial charge >= 0.3 is 5.97 Å². The standard InChI is InChI=1S/C28H23IN2O5S/c1-4-35-23-12-18(11-20(29)25(23)36-14-17-5-7-19(8-6-17)27(33)34)13-24-26(32)31-22-10-16(3)15(2)9-21(22)30-28(31)37-24/h5-13H,4,14H2,1-3H3,(H,33,34)/b24-13-. The number of fused-ring (bicyclic) bond motifs is 3. The summed E-state index contributed by atoms with van der Waals surface area (Å²) in [4.78, 5) is 29.7. The quantitative estimate of drug-likeness (QED) is 0.245. The molecule has 0 aliphatic carbocycles. The Balaban J connectivity index is 1.49. The molecule has 0 saturated heterocycles. The number of benzene rings is 3. The number of carboxylic acid groups (broad SMARTS) is 1. The summed E-state index contributed by atoms with van der Waals surface area (Å²) >= 11 is 3.56. The maximum absolute atomic E-state index is 13.3. The Hall–Kier alpha value is -3.44. The van der Waals surface area contributed by atoms with E-state index in [1.807, 2.05) is 51.1 Å². The number of aryl methyl sites for hydroxylation is 2. The first-order valence-corrected chi connectivity index (χ1v) is 13.5. The molecule has 0 fully saturated rings. The highest BCUT2D eigenvalue weighted by Crippen LogP contribution is 2.35. The molecule has 0 amide bonds. The third-order valence-electron chi connectivity index (χ3n) is 6.07. The van der Waals surface area contributed by atoms with Gasteiger partial charge < -0.3 is 14.6 Å². The SMILES string of the molecule is CCOc1cc(/C=c2\sc3nc4cc(C)c(C)cc4n3c2=O)cc(I)c1OCc1ccc(C(=O)O)cc1. The van der Waals surface area contributed by atoms with Gasteiger partial charge in [0.2, 0.25) is 0 Å². The van der Waals surface area contributed by atoms with Gasteiger partial charge in [-0.05, 0) is 108 Å². The first kappa shape index (κ1) is 25.2. The van der Waals surface area contributed by atoms with E-state index in [4.69, 9.17) is 14.6 Å². The van der Waals surface area contributed by atoms with Gasteiger partial charge in [-0.15, -0.1) is 0 Å². The van der Waals surface area contributed by atoms with Crippen LogP contribution in [-0.4, -0.2) is 27.1 Å². The molecule has 2 heterocycles. The van der Waals surface area contributed by atoms with Gasteiger partial charge in [0.1, 0.15) is 6.61 Å². The van der Waals surface area contributed by atoms with Crippen molar-refractivity contribution in [1.29, 1.82) is 0 Å². The minimum absolute atomic E-state index is 0.0937. The fourth-order valence-corrected chi connectivity index (χ4v) is 5.81. The second-order valence-electron chi connectivity index (χ2n) is 8.62. The zero-order chi connectivity index (χ0) is 26.3. The number of carboxylic acids is 1. The molecule has 3 aromatic carbocycles. The van der Waals surface area contributed by atoms with Gasteiger partial charge in [-0.3, -0.25) is 4.79 Å². The molecule has 37 heavy (non-hydrogen) atoms. The van der Waals surface area contributed by atoms with E-state index in [1.54, 1.807) is 28.7 Å². The molecule has 7 nitrogen and oxygen atoms in total. The number of aromatic carboxylic acids is 1. The summed E-state index contributed by atoms with van der Waals surface area (Å²) in [5, 5.41) is 9.09. The van der Waals surface area contributed by atoms with Crippen molar-refractivity contribution >= 4 is 62.0 Å². The second kappa shape index (κ2) is 10.1. The van der Waals surface area contributed by atoms with Gasteiger partial charge in [-0.25, -0.2) is 14.2 Å². The number of halogens is 1. The number of hydrogen-bond acceptors (Lipinski definition) is 6. The number of aromatic nitrogens is 2. The number of carbonyl (C=O) groups is 1.